The monoisotopic (exact) mass is 339 g/mol. The highest BCUT2D eigenvalue weighted by Gasteiger charge is 2.54. The number of rotatable bonds is 3. The van der Waals surface area contributed by atoms with Crippen LogP contribution in [0.1, 0.15) is 23.2 Å². The van der Waals surface area contributed by atoms with Gasteiger partial charge in [-0.2, -0.15) is 0 Å². The number of likely N-dealkylation sites (tertiary alicyclic amines) is 1. The molecule has 2 aliphatic rings. The largest absolute Gasteiger partial charge is 0.508 e. The van der Waals surface area contributed by atoms with E-state index in [1.54, 1.807) is 24.1 Å². The molecule has 4 unspecified atom stereocenters. The van der Waals surface area contributed by atoms with Crippen molar-refractivity contribution in [3.05, 3.63) is 59.7 Å². The predicted octanol–water partition coefficient (Wildman–Crippen LogP) is 1.75. The average molecular weight is 339 g/mol. The number of benzene rings is 2. The van der Waals surface area contributed by atoms with Crippen LogP contribution < -0.4 is 15.6 Å². The van der Waals surface area contributed by atoms with Gasteiger partial charge in [-0.25, -0.2) is 10.9 Å². The van der Waals surface area contributed by atoms with Crippen molar-refractivity contribution in [2.75, 3.05) is 14.2 Å². The van der Waals surface area contributed by atoms with Gasteiger partial charge in [0.2, 0.25) is 5.91 Å². The summed E-state index contributed by atoms with van der Waals surface area (Å²) in [7, 11) is 3.46. The third kappa shape index (κ3) is 2.45. The van der Waals surface area contributed by atoms with Crippen molar-refractivity contribution in [3.63, 3.8) is 0 Å². The minimum Gasteiger partial charge on any atom is -0.508 e. The number of phenols is 1. The summed E-state index contributed by atoms with van der Waals surface area (Å²) in [5.74, 6) is 0.995. The molecule has 25 heavy (non-hydrogen) atoms. The van der Waals surface area contributed by atoms with Crippen LogP contribution in [0, 0.1) is 5.92 Å². The molecule has 2 fully saturated rings. The van der Waals surface area contributed by atoms with Crippen LogP contribution >= 0.6 is 0 Å². The number of amides is 1. The number of hydrazine groups is 1. The molecule has 6 heteroatoms. The minimum atomic E-state index is -0.328. The third-order valence-electron chi connectivity index (χ3n) is 5.27. The molecule has 1 amide bonds. The van der Waals surface area contributed by atoms with Crippen LogP contribution in [0.15, 0.2) is 48.5 Å². The Bertz CT molecular complexity index is 810. The molecule has 0 spiro atoms. The quantitative estimate of drug-likeness (QED) is 0.794. The van der Waals surface area contributed by atoms with Crippen molar-refractivity contribution in [2.45, 2.75) is 18.1 Å². The first-order valence-electron chi connectivity index (χ1n) is 8.31. The van der Waals surface area contributed by atoms with Crippen LogP contribution in [0.5, 0.6) is 11.5 Å². The maximum absolute atomic E-state index is 12.7. The number of nitrogens with one attached hydrogen (secondary N) is 2. The second kappa shape index (κ2) is 6.06. The lowest BCUT2D eigenvalue weighted by atomic mass is 9.83. The smallest absolute Gasteiger partial charge is 0.241 e. The number of fused-ring (bicyclic) bond motifs is 1. The van der Waals surface area contributed by atoms with Gasteiger partial charge >= 0.3 is 0 Å². The number of para-hydroxylation sites is 1. The van der Waals surface area contributed by atoms with Crippen molar-refractivity contribution in [3.8, 4) is 11.5 Å². The standard InChI is InChI=1S/C19H21N3O3/c1-22-18(11-6-5-7-12(10-11)25-2)15-16(20-21-17(15)19(22)24)13-8-3-4-9-14(13)23/h3-10,15-18,20-21,23H,1-2H3. The summed E-state index contributed by atoms with van der Waals surface area (Å²) < 4.78 is 5.34. The summed E-state index contributed by atoms with van der Waals surface area (Å²) in [6, 6.07) is 14.5. The van der Waals surface area contributed by atoms with Crippen LogP contribution in [-0.4, -0.2) is 36.1 Å². The molecule has 6 nitrogen and oxygen atoms in total. The van der Waals surface area contributed by atoms with Gasteiger partial charge in [0.05, 0.1) is 19.2 Å². The van der Waals surface area contributed by atoms with Gasteiger partial charge in [0.25, 0.3) is 0 Å². The summed E-state index contributed by atoms with van der Waals surface area (Å²) in [6.07, 6.45) is 0. The molecule has 4 atom stereocenters. The number of hydrogen-bond donors (Lipinski definition) is 3. The molecule has 0 aromatic heterocycles. The maximum atomic E-state index is 12.7. The molecule has 2 aromatic carbocycles. The van der Waals surface area contributed by atoms with E-state index in [2.05, 4.69) is 10.9 Å². The number of likely N-dealkylation sites (N-methyl/N-ethyl adjacent to an activating group) is 1. The zero-order chi connectivity index (χ0) is 17.6. The van der Waals surface area contributed by atoms with E-state index < -0.39 is 0 Å². The van der Waals surface area contributed by atoms with Gasteiger partial charge in [-0.3, -0.25) is 4.79 Å². The van der Waals surface area contributed by atoms with Crippen LogP contribution in [0.2, 0.25) is 0 Å². The molecule has 4 rings (SSSR count). The fourth-order valence-electron chi connectivity index (χ4n) is 4.08. The van der Waals surface area contributed by atoms with E-state index in [-0.39, 0.29) is 35.7 Å². The van der Waals surface area contributed by atoms with E-state index in [0.717, 1.165) is 16.9 Å². The molecule has 2 aromatic rings. The van der Waals surface area contributed by atoms with Crippen molar-refractivity contribution in [1.29, 1.82) is 0 Å². The van der Waals surface area contributed by atoms with Crippen LogP contribution in [-0.2, 0) is 4.79 Å². The highest BCUT2D eigenvalue weighted by atomic mass is 16.5. The van der Waals surface area contributed by atoms with E-state index in [9.17, 15) is 9.90 Å². The van der Waals surface area contributed by atoms with E-state index in [4.69, 9.17) is 4.74 Å². The molecule has 0 aliphatic carbocycles. The summed E-state index contributed by atoms with van der Waals surface area (Å²) in [6.45, 7) is 0. The first-order valence-corrected chi connectivity index (χ1v) is 8.31. The fraction of sp³-hybridized carbons (Fsp3) is 0.316. The Hall–Kier alpha value is -2.57. The number of ether oxygens (including phenoxy) is 1. The molecule has 3 N–H and O–H groups in total. The number of hydrogen-bond acceptors (Lipinski definition) is 5. The van der Waals surface area contributed by atoms with E-state index in [0.29, 0.717) is 0 Å². The van der Waals surface area contributed by atoms with Crippen molar-refractivity contribution < 1.29 is 14.6 Å². The van der Waals surface area contributed by atoms with Crippen LogP contribution in [0.3, 0.4) is 0 Å². The summed E-state index contributed by atoms with van der Waals surface area (Å²) in [5.41, 5.74) is 8.14. The molecule has 2 aliphatic heterocycles. The van der Waals surface area contributed by atoms with Crippen molar-refractivity contribution in [2.24, 2.45) is 5.92 Å². The molecule has 2 heterocycles. The first kappa shape index (κ1) is 15.9. The number of aromatic hydroxyl groups is 1. The Morgan fingerprint density at radius 3 is 2.60 bits per heavy atom. The number of carbonyl (C=O) groups excluding carboxylic acids is 1. The lowest BCUT2D eigenvalue weighted by Gasteiger charge is -2.29. The van der Waals surface area contributed by atoms with Crippen molar-refractivity contribution >= 4 is 5.91 Å². The number of phenolic OH excluding ortho intramolecular Hbond substituents is 1. The van der Waals surface area contributed by atoms with Gasteiger partial charge in [0.1, 0.15) is 17.5 Å². The van der Waals surface area contributed by atoms with Gasteiger partial charge in [0.15, 0.2) is 0 Å². The maximum Gasteiger partial charge on any atom is 0.241 e. The normalized spacial score (nSPS) is 28.2. The number of carbonyl (C=O) groups is 1. The zero-order valence-corrected chi connectivity index (χ0v) is 14.1. The predicted molar refractivity (Wildman–Crippen MR) is 92.9 cm³/mol. The lowest BCUT2D eigenvalue weighted by Crippen LogP contribution is -2.39. The Kier molecular flexibility index (Phi) is 3.86. The summed E-state index contributed by atoms with van der Waals surface area (Å²) in [4.78, 5) is 14.5. The number of methoxy groups -OCH3 is 1. The number of nitrogens with zero attached hydrogens (tertiary/aromatic N) is 1. The molecule has 0 radical (unpaired) electrons. The molecule has 130 valence electrons. The highest BCUT2D eigenvalue weighted by Crippen LogP contribution is 2.48. The molecule has 0 saturated carbocycles. The van der Waals surface area contributed by atoms with Gasteiger partial charge in [0, 0.05) is 18.5 Å². The second-order valence-electron chi connectivity index (χ2n) is 6.55. The summed E-state index contributed by atoms with van der Waals surface area (Å²) in [5, 5.41) is 10.3. The molecule has 2 saturated heterocycles. The molecule has 0 bridgehead atoms. The Balaban J connectivity index is 1.77. The summed E-state index contributed by atoms with van der Waals surface area (Å²) >= 11 is 0. The van der Waals surface area contributed by atoms with Crippen LogP contribution in [0.25, 0.3) is 0 Å². The van der Waals surface area contributed by atoms with Gasteiger partial charge in [-0.1, -0.05) is 30.3 Å². The molecular formula is C19H21N3O3. The van der Waals surface area contributed by atoms with E-state index in [1.165, 1.54) is 0 Å². The topological polar surface area (TPSA) is 73.8 Å². The average Bonchev–Trinajstić information content (AvgIpc) is 3.15. The Morgan fingerprint density at radius 2 is 1.84 bits per heavy atom. The molecular weight excluding hydrogens is 318 g/mol. The zero-order valence-electron chi connectivity index (χ0n) is 14.1. The van der Waals surface area contributed by atoms with Crippen LogP contribution in [0.4, 0.5) is 0 Å². The minimum absolute atomic E-state index is 0.0436. The van der Waals surface area contributed by atoms with E-state index in [1.807, 2.05) is 43.4 Å². The van der Waals surface area contributed by atoms with Gasteiger partial charge in [-0.05, 0) is 23.8 Å². The Labute approximate surface area is 146 Å². The van der Waals surface area contributed by atoms with E-state index >= 15 is 0 Å². The lowest BCUT2D eigenvalue weighted by molar-refractivity contribution is -0.129. The second-order valence-corrected chi connectivity index (χ2v) is 6.55. The van der Waals surface area contributed by atoms with Crippen molar-refractivity contribution in [1.82, 2.24) is 15.8 Å². The highest BCUT2D eigenvalue weighted by molar-refractivity contribution is 5.86. The van der Waals surface area contributed by atoms with Gasteiger partial charge in [-0.15, -0.1) is 0 Å². The first-order chi connectivity index (χ1) is 12.1. The fourth-order valence-corrected chi connectivity index (χ4v) is 4.08. The Morgan fingerprint density at radius 1 is 1.08 bits per heavy atom. The SMILES string of the molecule is COc1cccc(C2C3C(NNC3c3ccccc3O)C(=O)N2C)c1. The van der Waals surface area contributed by atoms with Gasteiger partial charge < -0.3 is 14.7 Å². The third-order valence-corrected chi connectivity index (χ3v) is 5.27.